The fourth-order valence-electron chi connectivity index (χ4n) is 3.45. The van der Waals surface area contributed by atoms with Gasteiger partial charge in [0.2, 0.25) is 5.91 Å². The van der Waals surface area contributed by atoms with Gasteiger partial charge in [-0.2, -0.15) is 0 Å². The van der Waals surface area contributed by atoms with Gasteiger partial charge in [0.1, 0.15) is 5.25 Å². The molecule has 5 heteroatoms. The molecule has 3 nitrogen and oxygen atoms in total. The van der Waals surface area contributed by atoms with Crippen LogP contribution in [-0.4, -0.2) is 25.0 Å². The van der Waals surface area contributed by atoms with Crippen LogP contribution in [0.4, 0.5) is 0 Å². The normalized spacial score (nSPS) is 20.4. The van der Waals surface area contributed by atoms with Gasteiger partial charge >= 0.3 is 0 Å². The van der Waals surface area contributed by atoms with Crippen molar-refractivity contribution < 1.29 is 4.79 Å². The Hall–Kier alpha value is -1.49. The summed E-state index contributed by atoms with van der Waals surface area (Å²) < 4.78 is 0. The van der Waals surface area contributed by atoms with E-state index in [0.29, 0.717) is 5.92 Å². The number of aryl methyl sites for hydroxylation is 2. The molecule has 2 N–H and O–H groups in total. The second-order valence-corrected chi connectivity index (χ2v) is 8.41. The highest BCUT2D eigenvalue weighted by atomic mass is 35.5. The van der Waals surface area contributed by atoms with Gasteiger partial charge in [0, 0.05) is 10.9 Å². The molecule has 0 aliphatic carbocycles. The molecule has 3 unspecified atom stereocenters. The molecule has 3 rings (SSSR count). The van der Waals surface area contributed by atoms with E-state index >= 15 is 0 Å². The van der Waals surface area contributed by atoms with Crippen LogP contribution < -0.4 is 10.6 Å². The van der Waals surface area contributed by atoms with Crippen molar-refractivity contribution in [2.24, 2.45) is 5.92 Å². The van der Waals surface area contributed by atoms with E-state index in [0.717, 1.165) is 30.0 Å². The smallest absolute Gasteiger partial charge is 0.238 e. The highest BCUT2D eigenvalue weighted by Gasteiger charge is 2.28. The Labute approximate surface area is 173 Å². The molecule has 0 spiro atoms. The van der Waals surface area contributed by atoms with E-state index in [-0.39, 0.29) is 29.6 Å². The average Bonchev–Trinajstić information content (AvgIpc) is 2.63. The Bertz CT molecular complexity index is 753. The van der Waals surface area contributed by atoms with Crippen LogP contribution in [-0.2, 0) is 4.79 Å². The van der Waals surface area contributed by atoms with E-state index in [1.54, 1.807) is 11.8 Å². The number of carbonyl (C=O) groups excluding carboxylic acids is 1. The van der Waals surface area contributed by atoms with Gasteiger partial charge in [0.05, 0.1) is 0 Å². The maximum absolute atomic E-state index is 13.2. The monoisotopic (exact) mass is 404 g/mol. The summed E-state index contributed by atoms with van der Waals surface area (Å²) in [7, 11) is 0. The minimum absolute atomic E-state index is 0. The summed E-state index contributed by atoms with van der Waals surface area (Å²) in [5.74, 6) is 0.565. The van der Waals surface area contributed by atoms with Crippen LogP contribution >= 0.6 is 24.2 Å². The van der Waals surface area contributed by atoms with Crippen molar-refractivity contribution >= 4 is 30.1 Å². The molecule has 1 amide bonds. The fourth-order valence-corrected chi connectivity index (χ4v) is 4.56. The first-order chi connectivity index (χ1) is 12.5. The molecule has 1 aliphatic rings. The second kappa shape index (κ2) is 10.2. The van der Waals surface area contributed by atoms with Crippen molar-refractivity contribution in [3.8, 4) is 0 Å². The maximum Gasteiger partial charge on any atom is 0.238 e. The number of rotatable bonds is 5. The van der Waals surface area contributed by atoms with E-state index in [4.69, 9.17) is 0 Å². The van der Waals surface area contributed by atoms with Crippen molar-refractivity contribution in [2.45, 2.75) is 43.4 Å². The Kier molecular flexibility index (Phi) is 8.21. The summed E-state index contributed by atoms with van der Waals surface area (Å²) >= 11 is 1.65. The first-order valence-corrected chi connectivity index (χ1v) is 10.2. The first kappa shape index (κ1) is 21.8. The van der Waals surface area contributed by atoms with E-state index < -0.39 is 0 Å². The number of hydrogen-bond acceptors (Lipinski definition) is 3. The summed E-state index contributed by atoms with van der Waals surface area (Å²) in [5, 5.41) is 6.48. The molecule has 27 heavy (non-hydrogen) atoms. The zero-order valence-corrected chi connectivity index (χ0v) is 17.8. The molecular weight excluding hydrogens is 376 g/mol. The first-order valence-electron chi connectivity index (χ1n) is 9.34. The van der Waals surface area contributed by atoms with Crippen LogP contribution in [0.1, 0.15) is 35.3 Å². The lowest BCUT2D eigenvalue weighted by atomic mass is 9.95. The third-order valence-corrected chi connectivity index (χ3v) is 6.46. The van der Waals surface area contributed by atoms with Crippen molar-refractivity contribution in [1.82, 2.24) is 10.6 Å². The minimum atomic E-state index is -0.236. The van der Waals surface area contributed by atoms with Gasteiger partial charge in [-0.1, -0.05) is 55.0 Å². The molecule has 0 radical (unpaired) electrons. The highest BCUT2D eigenvalue weighted by molar-refractivity contribution is 8.00. The van der Waals surface area contributed by atoms with Gasteiger partial charge in [-0.15, -0.1) is 24.2 Å². The lowest BCUT2D eigenvalue weighted by molar-refractivity contribution is -0.121. The van der Waals surface area contributed by atoms with Gasteiger partial charge < -0.3 is 10.6 Å². The zero-order chi connectivity index (χ0) is 18.5. The summed E-state index contributed by atoms with van der Waals surface area (Å²) in [6.07, 6.45) is 0.989. The number of benzene rings is 2. The maximum atomic E-state index is 13.2. The summed E-state index contributed by atoms with van der Waals surface area (Å²) in [5.41, 5.74) is 3.52. The molecule has 2 aromatic rings. The molecule has 2 aromatic carbocycles. The molecule has 1 aliphatic heterocycles. The number of thioether (sulfide) groups is 1. The molecule has 146 valence electrons. The molecular formula is C22H29ClN2OS. The number of hydrogen-bond donors (Lipinski definition) is 2. The standard InChI is InChI=1S/C22H28N2OS.ClH/c1-15-9-10-20(16(2)13-15)26-21(18-7-5-4-6-8-18)22(25)24-19-11-12-23-14-17(19)3;/h4-10,13,17,19,21,23H,11-12,14H2,1-3H3,(H,24,25);1H. The van der Waals surface area contributed by atoms with Gasteiger partial charge in [-0.3, -0.25) is 4.79 Å². The van der Waals surface area contributed by atoms with E-state index in [9.17, 15) is 4.79 Å². The number of piperidine rings is 1. The van der Waals surface area contributed by atoms with Crippen LogP contribution in [0.3, 0.4) is 0 Å². The lowest BCUT2D eigenvalue weighted by Gasteiger charge is -2.31. The molecule has 1 fully saturated rings. The molecule has 1 heterocycles. The van der Waals surface area contributed by atoms with Crippen molar-refractivity contribution in [1.29, 1.82) is 0 Å². The van der Waals surface area contributed by atoms with Crippen LogP contribution in [0.5, 0.6) is 0 Å². The number of halogens is 1. The van der Waals surface area contributed by atoms with Gasteiger partial charge in [-0.25, -0.2) is 0 Å². The number of nitrogens with one attached hydrogen (secondary N) is 2. The molecule has 3 atom stereocenters. The molecule has 1 saturated heterocycles. The van der Waals surface area contributed by atoms with Crippen LogP contribution in [0.25, 0.3) is 0 Å². The summed E-state index contributed by atoms with van der Waals surface area (Å²) in [6.45, 7) is 8.35. The van der Waals surface area contributed by atoms with Crippen LogP contribution in [0, 0.1) is 19.8 Å². The Morgan fingerprint density at radius 2 is 1.93 bits per heavy atom. The third kappa shape index (κ3) is 5.74. The molecule has 0 aromatic heterocycles. The van der Waals surface area contributed by atoms with Crippen molar-refractivity contribution in [3.63, 3.8) is 0 Å². The van der Waals surface area contributed by atoms with Crippen LogP contribution in [0.2, 0.25) is 0 Å². The second-order valence-electron chi connectivity index (χ2n) is 7.26. The van der Waals surface area contributed by atoms with Crippen LogP contribution in [0.15, 0.2) is 53.4 Å². The molecule has 0 bridgehead atoms. The number of carbonyl (C=O) groups is 1. The summed E-state index contributed by atoms with van der Waals surface area (Å²) in [4.78, 5) is 14.4. The topological polar surface area (TPSA) is 41.1 Å². The largest absolute Gasteiger partial charge is 0.352 e. The lowest BCUT2D eigenvalue weighted by Crippen LogP contribution is -2.49. The number of amides is 1. The van der Waals surface area contributed by atoms with Gasteiger partial charge in [-0.05, 0) is 56.5 Å². The summed E-state index contributed by atoms with van der Waals surface area (Å²) in [6, 6.07) is 16.8. The minimum Gasteiger partial charge on any atom is -0.352 e. The highest BCUT2D eigenvalue weighted by Crippen LogP contribution is 2.37. The van der Waals surface area contributed by atoms with E-state index in [1.807, 2.05) is 30.3 Å². The average molecular weight is 405 g/mol. The van der Waals surface area contributed by atoms with Gasteiger partial charge in [0.25, 0.3) is 0 Å². The van der Waals surface area contributed by atoms with Gasteiger partial charge in [0.15, 0.2) is 0 Å². The van der Waals surface area contributed by atoms with E-state index in [1.165, 1.54) is 11.1 Å². The predicted octanol–water partition coefficient (Wildman–Crippen LogP) is 4.67. The zero-order valence-electron chi connectivity index (χ0n) is 16.2. The fraction of sp³-hybridized carbons (Fsp3) is 0.409. The Balaban J connectivity index is 0.00000261. The SMILES string of the molecule is Cc1ccc(SC(C(=O)NC2CCNCC2C)c2ccccc2)c(C)c1.Cl. The van der Waals surface area contributed by atoms with Crippen molar-refractivity contribution in [2.75, 3.05) is 13.1 Å². The van der Waals surface area contributed by atoms with E-state index in [2.05, 4.69) is 49.6 Å². The Morgan fingerprint density at radius 1 is 1.19 bits per heavy atom. The van der Waals surface area contributed by atoms with Crippen molar-refractivity contribution in [3.05, 3.63) is 65.2 Å². The third-order valence-electron chi connectivity index (χ3n) is 5.03. The predicted molar refractivity (Wildman–Crippen MR) is 117 cm³/mol. The Morgan fingerprint density at radius 3 is 2.59 bits per heavy atom. The quantitative estimate of drug-likeness (QED) is 0.711. The molecule has 0 saturated carbocycles.